The molecule has 25 atom stereocenters. The number of aliphatic hydroxyl groups is 8. The number of carbonyl (C=O) groups excluding carboxylic acids is 1. The van der Waals surface area contributed by atoms with E-state index < -0.39 is 139 Å². The Balaban J connectivity index is 1.07. The summed E-state index contributed by atoms with van der Waals surface area (Å²) in [4.78, 5) is 37.8. The Morgan fingerprint density at radius 2 is 1.41 bits per heavy atom. The van der Waals surface area contributed by atoms with Gasteiger partial charge >= 0.3 is 17.9 Å². The molecular formula is C49H76O20. The first-order valence-corrected chi connectivity index (χ1v) is 24.7. The van der Waals surface area contributed by atoms with Gasteiger partial charge in [-0.1, -0.05) is 46.3 Å². The van der Waals surface area contributed by atoms with Gasteiger partial charge in [-0.3, -0.25) is 9.59 Å². The maximum absolute atomic E-state index is 12.9. The van der Waals surface area contributed by atoms with Crippen LogP contribution in [-0.4, -0.2) is 180 Å². The summed E-state index contributed by atoms with van der Waals surface area (Å²) in [7, 11) is 0. The number of hydrogen-bond acceptors (Lipinski definition) is 18. The van der Waals surface area contributed by atoms with Crippen molar-refractivity contribution in [3.8, 4) is 0 Å². The third kappa shape index (κ3) is 8.32. The molecule has 0 bridgehead atoms. The minimum Gasteiger partial charge on any atom is -0.481 e. The number of ether oxygens (including phenoxy) is 7. The van der Waals surface area contributed by atoms with Crippen LogP contribution in [0.25, 0.3) is 0 Å². The molecule has 0 aromatic rings. The Morgan fingerprint density at radius 1 is 0.710 bits per heavy atom. The molecule has 0 amide bonds. The minimum atomic E-state index is -2.04. The van der Waals surface area contributed by atoms with Crippen molar-refractivity contribution in [3.63, 3.8) is 0 Å². The second kappa shape index (κ2) is 18.5. The van der Waals surface area contributed by atoms with Crippen molar-refractivity contribution in [1.29, 1.82) is 0 Å². The lowest BCUT2D eigenvalue weighted by atomic mass is 9.33. The molecule has 10 N–H and O–H groups in total. The summed E-state index contributed by atoms with van der Waals surface area (Å²) >= 11 is 0. The zero-order valence-electron chi connectivity index (χ0n) is 40.9. The molecule has 3 saturated heterocycles. The van der Waals surface area contributed by atoms with Gasteiger partial charge in [-0.2, -0.15) is 0 Å². The number of aliphatic carboxylic acids is 2. The van der Waals surface area contributed by atoms with Crippen LogP contribution < -0.4 is 0 Å². The van der Waals surface area contributed by atoms with E-state index in [-0.39, 0.29) is 47.0 Å². The van der Waals surface area contributed by atoms with Gasteiger partial charge in [-0.25, -0.2) is 4.79 Å². The standard InChI is InChI=1S/C49H76O20/c1-21-30(52)31(53)34(56)41(64-21)68-36-25(19-63-40(60)35(36)57)66-38-33(55)32(54)37(39(58)59)69-42(38)67-28-12-13-46(5)26(47(28,6)20-50)11-14-49(8)27(46)10-9-23-24-17-44(3,43(61)62)18-29(65-22(2)51)45(24,4)15-16-48(23,49)7/h9,21,24-38,40-42,50,52-57,60H,10-20H2,1-8H3,(H,58,59)(H,61,62). The SMILES string of the molecule is CC(=O)OC1CC(C)(C(=O)O)CC2C3=CCC4C5(C)CCC(OC6OC(C(=O)O)C(O)C(O)C6OC6COC(O)C(O)C6OC6OC(C)C(O)C(O)C6O)C(C)(CO)C5CCC4(C)C3(C)CCC12C. The van der Waals surface area contributed by atoms with E-state index in [1.807, 2.05) is 6.92 Å². The first kappa shape index (κ1) is 52.9. The molecule has 392 valence electrons. The molecule has 0 spiro atoms. The summed E-state index contributed by atoms with van der Waals surface area (Å²) in [5.41, 5.74) is -2.23. The number of carboxylic acid groups (broad SMARTS) is 2. The maximum atomic E-state index is 12.9. The summed E-state index contributed by atoms with van der Waals surface area (Å²) in [5.74, 6) is -3.09. The summed E-state index contributed by atoms with van der Waals surface area (Å²) in [5, 5.41) is 108. The summed E-state index contributed by atoms with van der Waals surface area (Å²) in [6, 6.07) is 0. The third-order valence-corrected chi connectivity index (χ3v) is 19.7. The quantitative estimate of drug-likeness (QED) is 0.0829. The van der Waals surface area contributed by atoms with Gasteiger partial charge in [0.25, 0.3) is 0 Å². The Kier molecular flexibility index (Phi) is 14.2. The smallest absolute Gasteiger partial charge is 0.335 e. The molecule has 5 aliphatic carbocycles. The highest BCUT2D eigenvalue weighted by molar-refractivity contribution is 5.75. The fourth-order valence-electron chi connectivity index (χ4n) is 15.2. The molecule has 4 saturated carbocycles. The van der Waals surface area contributed by atoms with Gasteiger partial charge in [0.15, 0.2) is 25.0 Å². The Hall–Kier alpha value is -2.41. The van der Waals surface area contributed by atoms with E-state index in [1.165, 1.54) is 19.4 Å². The summed E-state index contributed by atoms with van der Waals surface area (Å²) < 4.78 is 41.8. The van der Waals surface area contributed by atoms with Crippen LogP contribution in [0, 0.1) is 50.2 Å². The fraction of sp³-hybridized carbons (Fsp3) is 0.898. The predicted molar refractivity (Wildman–Crippen MR) is 236 cm³/mol. The molecule has 3 aliphatic heterocycles. The van der Waals surface area contributed by atoms with E-state index >= 15 is 0 Å². The van der Waals surface area contributed by atoms with E-state index in [0.717, 1.165) is 19.3 Å². The number of carboxylic acids is 2. The molecule has 69 heavy (non-hydrogen) atoms. The first-order chi connectivity index (χ1) is 32.1. The zero-order valence-corrected chi connectivity index (χ0v) is 40.9. The number of hydrogen-bond donors (Lipinski definition) is 10. The third-order valence-electron chi connectivity index (χ3n) is 19.7. The maximum Gasteiger partial charge on any atom is 0.335 e. The minimum absolute atomic E-state index is 0.117. The van der Waals surface area contributed by atoms with Gasteiger partial charge in [0, 0.05) is 24.2 Å². The van der Waals surface area contributed by atoms with Crippen molar-refractivity contribution in [2.75, 3.05) is 13.2 Å². The van der Waals surface area contributed by atoms with Gasteiger partial charge in [0.1, 0.15) is 61.0 Å². The molecule has 0 aromatic carbocycles. The average molecular weight is 985 g/mol. The molecule has 7 fully saturated rings. The largest absolute Gasteiger partial charge is 0.481 e. The first-order valence-electron chi connectivity index (χ1n) is 24.7. The van der Waals surface area contributed by atoms with Gasteiger partial charge < -0.3 is 84.2 Å². The Labute approximate surface area is 402 Å². The molecule has 20 heteroatoms. The van der Waals surface area contributed by atoms with Crippen LogP contribution in [0.3, 0.4) is 0 Å². The van der Waals surface area contributed by atoms with Crippen molar-refractivity contribution in [3.05, 3.63) is 11.6 Å². The molecule has 25 unspecified atom stereocenters. The van der Waals surface area contributed by atoms with Gasteiger partial charge in [-0.15, -0.1) is 0 Å². The highest BCUT2D eigenvalue weighted by Gasteiger charge is 2.70. The van der Waals surface area contributed by atoms with E-state index in [1.54, 1.807) is 6.92 Å². The number of fused-ring (bicyclic) bond motifs is 7. The van der Waals surface area contributed by atoms with Gasteiger partial charge in [-0.05, 0) is 99.2 Å². The fourth-order valence-corrected chi connectivity index (χ4v) is 15.2. The molecule has 0 radical (unpaired) electrons. The Morgan fingerprint density at radius 3 is 2.04 bits per heavy atom. The van der Waals surface area contributed by atoms with Crippen LogP contribution in [0.1, 0.15) is 113 Å². The predicted octanol–water partition coefficient (Wildman–Crippen LogP) is 0.979. The lowest BCUT2D eigenvalue weighted by molar-refractivity contribution is -0.370. The lowest BCUT2D eigenvalue weighted by Gasteiger charge is -2.71. The summed E-state index contributed by atoms with van der Waals surface area (Å²) in [6.07, 6.45) is -17.4. The second-order valence-electron chi connectivity index (χ2n) is 23.4. The van der Waals surface area contributed by atoms with Crippen LogP contribution in [0.2, 0.25) is 0 Å². The van der Waals surface area contributed by atoms with Crippen LogP contribution in [0.4, 0.5) is 0 Å². The van der Waals surface area contributed by atoms with Crippen LogP contribution in [0.15, 0.2) is 11.6 Å². The number of aliphatic hydroxyl groups excluding tert-OH is 8. The molecule has 8 aliphatic rings. The monoisotopic (exact) mass is 984 g/mol. The number of esters is 1. The van der Waals surface area contributed by atoms with Crippen molar-refractivity contribution < 1.29 is 98.6 Å². The van der Waals surface area contributed by atoms with Crippen molar-refractivity contribution in [2.24, 2.45) is 50.2 Å². The van der Waals surface area contributed by atoms with E-state index in [9.17, 15) is 65.4 Å². The van der Waals surface area contributed by atoms with E-state index in [2.05, 4.69) is 33.8 Å². The number of allylic oxidation sites excluding steroid dienone is 2. The van der Waals surface area contributed by atoms with Crippen molar-refractivity contribution in [2.45, 2.75) is 211 Å². The summed E-state index contributed by atoms with van der Waals surface area (Å²) in [6.45, 7) is 14.8. The van der Waals surface area contributed by atoms with Crippen molar-refractivity contribution in [1.82, 2.24) is 0 Å². The highest BCUT2D eigenvalue weighted by atomic mass is 16.7. The molecule has 0 aromatic heterocycles. The zero-order chi connectivity index (χ0) is 50.7. The molecule has 3 heterocycles. The molecule has 20 nitrogen and oxygen atoms in total. The average Bonchev–Trinajstić information content (AvgIpc) is 3.28. The lowest BCUT2D eigenvalue weighted by Crippen LogP contribution is -2.68. The Bertz CT molecular complexity index is 1990. The van der Waals surface area contributed by atoms with E-state index in [0.29, 0.717) is 32.1 Å². The van der Waals surface area contributed by atoms with Crippen LogP contribution >= 0.6 is 0 Å². The normalized spacial score (nSPS) is 54.1. The second-order valence-corrected chi connectivity index (χ2v) is 23.4. The van der Waals surface area contributed by atoms with Crippen LogP contribution in [0.5, 0.6) is 0 Å². The molecular weight excluding hydrogens is 909 g/mol. The van der Waals surface area contributed by atoms with E-state index in [4.69, 9.17) is 33.2 Å². The number of rotatable bonds is 10. The van der Waals surface area contributed by atoms with Crippen molar-refractivity contribution >= 4 is 17.9 Å². The molecule has 8 rings (SSSR count). The highest BCUT2D eigenvalue weighted by Crippen LogP contribution is 2.76. The number of carbonyl (C=O) groups is 3. The van der Waals surface area contributed by atoms with Gasteiger partial charge in [0.05, 0.1) is 30.8 Å². The topological polar surface area (TPSA) is 318 Å². The van der Waals surface area contributed by atoms with Crippen LogP contribution in [-0.2, 0) is 47.5 Å². The van der Waals surface area contributed by atoms with Gasteiger partial charge in [0.2, 0.25) is 0 Å².